The molecular formula is C20H15N3O4. The van der Waals surface area contributed by atoms with E-state index < -0.39 is 11.9 Å². The molecule has 2 aromatic heterocycles. The van der Waals surface area contributed by atoms with Crippen molar-refractivity contribution in [1.29, 1.82) is 0 Å². The number of carboxylic acids is 2. The molecule has 0 aliphatic rings. The van der Waals surface area contributed by atoms with Crippen LogP contribution in [0.3, 0.4) is 0 Å². The SMILES string of the molecule is Cc1cccc(Nc2nc3cc(C(=O)O)ccc3c3c(C(=O)O)c[nH]c23)c1. The van der Waals surface area contributed by atoms with E-state index in [4.69, 9.17) is 0 Å². The maximum absolute atomic E-state index is 11.7. The molecule has 4 aromatic rings. The zero-order valence-electron chi connectivity index (χ0n) is 14.3. The third-order valence-corrected chi connectivity index (χ3v) is 4.37. The molecule has 0 saturated carbocycles. The minimum atomic E-state index is -1.07. The van der Waals surface area contributed by atoms with Gasteiger partial charge in [0.15, 0.2) is 5.82 Å². The van der Waals surface area contributed by atoms with Gasteiger partial charge in [0.1, 0.15) is 0 Å². The Hall–Kier alpha value is -3.87. The van der Waals surface area contributed by atoms with Crippen molar-refractivity contribution < 1.29 is 19.8 Å². The normalized spacial score (nSPS) is 11.0. The first kappa shape index (κ1) is 16.6. The molecule has 2 heterocycles. The van der Waals surface area contributed by atoms with Gasteiger partial charge in [0.05, 0.1) is 22.2 Å². The topological polar surface area (TPSA) is 115 Å². The summed E-state index contributed by atoms with van der Waals surface area (Å²) in [7, 11) is 0. The molecule has 27 heavy (non-hydrogen) atoms. The summed E-state index contributed by atoms with van der Waals surface area (Å²) in [4.78, 5) is 30.5. The first-order chi connectivity index (χ1) is 12.9. The summed E-state index contributed by atoms with van der Waals surface area (Å²) in [6.07, 6.45) is 1.42. The lowest BCUT2D eigenvalue weighted by Crippen LogP contribution is -2.00. The van der Waals surface area contributed by atoms with Crippen LogP contribution in [0.25, 0.3) is 21.8 Å². The quantitative estimate of drug-likeness (QED) is 0.434. The lowest BCUT2D eigenvalue weighted by atomic mass is 10.0. The van der Waals surface area contributed by atoms with E-state index in [1.165, 1.54) is 18.3 Å². The second kappa shape index (κ2) is 6.14. The monoisotopic (exact) mass is 361 g/mol. The molecule has 134 valence electrons. The van der Waals surface area contributed by atoms with E-state index in [1.807, 2.05) is 31.2 Å². The second-order valence-electron chi connectivity index (χ2n) is 6.25. The number of nitrogens with zero attached hydrogens (tertiary/aromatic N) is 1. The Morgan fingerprint density at radius 1 is 1.07 bits per heavy atom. The number of fused-ring (bicyclic) bond motifs is 3. The maximum Gasteiger partial charge on any atom is 0.337 e. The van der Waals surface area contributed by atoms with Crippen molar-refractivity contribution in [3.63, 3.8) is 0 Å². The van der Waals surface area contributed by atoms with Crippen LogP contribution in [0.4, 0.5) is 11.5 Å². The molecule has 0 aliphatic heterocycles. The minimum absolute atomic E-state index is 0.0864. The Morgan fingerprint density at radius 3 is 2.59 bits per heavy atom. The molecule has 0 bridgehead atoms. The molecule has 7 nitrogen and oxygen atoms in total. The Morgan fingerprint density at radius 2 is 1.89 bits per heavy atom. The van der Waals surface area contributed by atoms with Crippen LogP contribution in [-0.2, 0) is 0 Å². The summed E-state index contributed by atoms with van der Waals surface area (Å²) < 4.78 is 0. The average molecular weight is 361 g/mol. The van der Waals surface area contributed by atoms with E-state index in [0.717, 1.165) is 11.3 Å². The minimum Gasteiger partial charge on any atom is -0.478 e. The number of rotatable bonds is 4. The number of hydrogen-bond acceptors (Lipinski definition) is 4. The number of anilines is 2. The number of H-pyrrole nitrogens is 1. The van der Waals surface area contributed by atoms with Gasteiger partial charge in [-0.1, -0.05) is 18.2 Å². The van der Waals surface area contributed by atoms with E-state index >= 15 is 0 Å². The number of hydrogen-bond donors (Lipinski definition) is 4. The predicted molar refractivity (Wildman–Crippen MR) is 102 cm³/mol. The van der Waals surface area contributed by atoms with E-state index in [2.05, 4.69) is 15.3 Å². The molecule has 0 unspecified atom stereocenters. The predicted octanol–water partition coefficient (Wildman–Crippen LogP) is 4.16. The van der Waals surface area contributed by atoms with Crippen molar-refractivity contribution in [2.45, 2.75) is 6.92 Å². The van der Waals surface area contributed by atoms with Gasteiger partial charge in [-0.15, -0.1) is 0 Å². The van der Waals surface area contributed by atoms with Crippen LogP contribution in [0.1, 0.15) is 26.3 Å². The van der Waals surface area contributed by atoms with Gasteiger partial charge in [-0.2, -0.15) is 0 Å². The largest absolute Gasteiger partial charge is 0.478 e. The van der Waals surface area contributed by atoms with Crippen LogP contribution < -0.4 is 5.32 Å². The van der Waals surface area contributed by atoms with Crippen molar-refractivity contribution in [2.24, 2.45) is 0 Å². The summed E-state index contributed by atoms with van der Waals surface area (Å²) in [5.74, 6) is -1.71. The summed E-state index contributed by atoms with van der Waals surface area (Å²) in [5.41, 5.74) is 2.99. The Balaban J connectivity index is 2.01. The zero-order chi connectivity index (χ0) is 19.1. The molecular weight excluding hydrogens is 346 g/mol. The Labute approximate surface area is 153 Å². The average Bonchev–Trinajstić information content (AvgIpc) is 3.07. The number of benzene rings is 2. The highest BCUT2D eigenvalue weighted by Gasteiger charge is 2.19. The van der Waals surface area contributed by atoms with Gasteiger partial charge in [-0.05, 0) is 36.8 Å². The van der Waals surface area contributed by atoms with Gasteiger partial charge >= 0.3 is 11.9 Å². The molecule has 0 radical (unpaired) electrons. The molecule has 7 heteroatoms. The highest BCUT2D eigenvalue weighted by molar-refractivity contribution is 6.18. The van der Waals surface area contributed by atoms with Gasteiger partial charge in [-0.25, -0.2) is 14.6 Å². The highest BCUT2D eigenvalue weighted by atomic mass is 16.4. The molecule has 0 spiro atoms. The van der Waals surface area contributed by atoms with Gasteiger partial charge in [0.25, 0.3) is 0 Å². The number of carbonyl (C=O) groups is 2. The molecule has 0 amide bonds. The fourth-order valence-corrected chi connectivity index (χ4v) is 3.15. The van der Waals surface area contributed by atoms with E-state index in [1.54, 1.807) is 6.07 Å². The van der Waals surface area contributed by atoms with E-state index in [0.29, 0.717) is 27.6 Å². The molecule has 0 aliphatic carbocycles. The van der Waals surface area contributed by atoms with Gasteiger partial charge in [0, 0.05) is 22.7 Å². The number of aromatic carboxylic acids is 2. The standard InChI is InChI=1S/C20H15N3O4/c1-10-3-2-4-12(7-10)22-18-17-16(14(9-21-17)20(26)27)13-6-5-11(19(24)25)8-15(13)23-18/h2-9,21H,1H3,(H,22,23)(H,24,25)(H,26,27). The first-order valence-corrected chi connectivity index (χ1v) is 8.19. The summed E-state index contributed by atoms with van der Waals surface area (Å²) in [5, 5.41) is 23.0. The zero-order valence-corrected chi connectivity index (χ0v) is 14.3. The van der Waals surface area contributed by atoms with Gasteiger partial charge < -0.3 is 20.5 Å². The van der Waals surface area contributed by atoms with Crippen molar-refractivity contribution in [3.05, 3.63) is 65.4 Å². The van der Waals surface area contributed by atoms with Crippen molar-refractivity contribution >= 4 is 45.2 Å². The smallest absolute Gasteiger partial charge is 0.337 e. The number of aryl methyl sites for hydroxylation is 1. The van der Waals surface area contributed by atoms with Crippen LogP contribution in [0.5, 0.6) is 0 Å². The van der Waals surface area contributed by atoms with Crippen LogP contribution in [-0.4, -0.2) is 32.1 Å². The molecule has 2 aromatic carbocycles. The summed E-state index contributed by atoms with van der Waals surface area (Å²) in [6.45, 7) is 1.96. The first-order valence-electron chi connectivity index (χ1n) is 8.19. The fourth-order valence-electron chi connectivity index (χ4n) is 3.15. The van der Waals surface area contributed by atoms with Crippen molar-refractivity contribution in [3.8, 4) is 0 Å². The van der Waals surface area contributed by atoms with Crippen LogP contribution in [0.2, 0.25) is 0 Å². The summed E-state index contributed by atoms with van der Waals surface area (Å²) >= 11 is 0. The van der Waals surface area contributed by atoms with Crippen molar-refractivity contribution in [1.82, 2.24) is 9.97 Å². The number of aromatic amines is 1. The van der Waals surface area contributed by atoms with Crippen LogP contribution in [0.15, 0.2) is 48.7 Å². The molecule has 0 atom stereocenters. The van der Waals surface area contributed by atoms with Gasteiger partial charge in [0.2, 0.25) is 0 Å². The fraction of sp³-hybridized carbons (Fsp3) is 0.0500. The number of pyridine rings is 1. The van der Waals surface area contributed by atoms with Crippen molar-refractivity contribution in [2.75, 3.05) is 5.32 Å². The second-order valence-corrected chi connectivity index (χ2v) is 6.25. The van der Waals surface area contributed by atoms with Crippen LogP contribution >= 0.6 is 0 Å². The third kappa shape index (κ3) is 2.85. The third-order valence-electron chi connectivity index (χ3n) is 4.37. The lowest BCUT2D eigenvalue weighted by Gasteiger charge is -2.11. The van der Waals surface area contributed by atoms with E-state index in [9.17, 15) is 19.8 Å². The molecule has 4 N–H and O–H groups in total. The Bertz CT molecular complexity index is 1230. The van der Waals surface area contributed by atoms with Crippen LogP contribution in [0, 0.1) is 6.92 Å². The summed E-state index contributed by atoms with van der Waals surface area (Å²) in [6, 6.07) is 12.1. The van der Waals surface area contributed by atoms with Gasteiger partial charge in [-0.3, -0.25) is 0 Å². The lowest BCUT2D eigenvalue weighted by molar-refractivity contribution is 0.0687. The van der Waals surface area contributed by atoms with E-state index in [-0.39, 0.29) is 11.1 Å². The maximum atomic E-state index is 11.7. The highest BCUT2D eigenvalue weighted by Crippen LogP contribution is 2.33. The molecule has 0 fully saturated rings. The molecule has 4 rings (SSSR count). The number of aromatic nitrogens is 2. The number of nitrogens with one attached hydrogen (secondary N) is 2. The Kier molecular flexibility index (Phi) is 3.77. The molecule has 0 saturated heterocycles. The number of carboxylic acid groups (broad SMARTS) is 2.